The standard InChI is InChI=1S/C15H11BrN2O2S/c16-11-3-1-10(2-4-11)15-18-17-14(20-15)9-21-13-7-5-12(19)6-8-13/h1-8,19H,9H2. The normalized spacial score (nSPS) is 10.7. The van der Waals surface area contributed by atoms with E-state index in [9.17, 15) is 5.11 Å². The summed E-state index contributed by atoms with van der Waals surface area (Å²) in [4.78, 5) is 1.04. The maximum absolute atomic E-state index is 9.24. The third-order valence-electron chi connectivity index (χ3n) is 2.76. The minimum absolute atomic E-state index is 0.259. The first-order chi connectivity index (χ1) is 10.2. The van der Waals surface area contributed by atoms with Gasteiger partial charge >= 0.3 is 0 Å². The number of hydrogen-bond acceptors (Lipinski definition) is 5. The lowest BCUT2D eigenvalue weighted by Crippen LogP contribution is -1.80. The molecule has 0 aliphatic rings. The van der Waals surface area contributed by atoms with Crippen molar-refractivity contribution in [3.63, 3.8) is 0 Å². The molecule has 1 aromatic heterocycles. The Bertz CT molecular complexity index is 726. The summed E-state index contributed by atoms with van der Waals surface area (Å²) < 4.78 is 6.66. The van der Waals surface area contributed by atoms with Crippen molar-refractivity contribution in [3.05, 3.63) is 58.9 Å². The van der Waals surface area contributed by atoms with Crippen LogP contribution in [-0.4, -0.2) is 15.3 Å². The summed E-state index contributed by atoms with van der Waals surface area (Å²) in [7, 11) is 0. The van der Waals surface area contributed by atoms with Crippen molar-refractivity contribution in [2.75, 3.05) is 0 Å². The van der Waals surface area contributed by atoms with E-state index < -0.39 is 0 Å². The van der Waals surface area contributed by atoms with Crippen molar-refractivity contribution in [2.24, 2.45) is 0 Å². The molecule has 0 aliphatic carbocycles. The van der Waals surface area contributed by atoms with Gasteiger partial charge in [0.25, 0.3) is 0 Å². The molecule has 3 rings (SSSR count). The quantitative estimate of drug-likeness (QED) is 0.692. The smallest absolute Gasteiger partial charge is 0.247 e. The van der Waals surface area contributed by atoms with Gasteiger partial charge < -0.3 is 9.52 Å². The van der Waals surface area contributed by atoms with Crippen LogP contribution in [0, 0.1) is 0 Å². The molecule has 21 heavy (non-hydrogen) atoms. The number of thioether (sulfide) groups is 1. The number of phenols is 1. The van der Waals surface area contributed by atoms with E-state index in [2.05, 4.69) is 26.1 Å². The van der Waals surface area contributed by atoms with Gasteiger partial charge in [0.15, 0.2) is 0 Å². The molecule has 0 unspecified atom stereocenters. The molecule has 1 N–H and O–H groups in total. The van der Waals surface area contributed by atoms with Crippen molar-refractivity contribution in [2.45, 2.75) is 10.6 Å². The molecule has 3 aromatic rings. The van der Waals surface area contributed by atoms with Crippen LogP contribution in [0.1, 0.15) is 5.89 Å². The van der Waals surface area contributed by atoms with Gasteiger partial charge in [-0.1, -0.05) is 15.9 Å². The van der Waals surface area contributed by atoms with Gasteiger partial charge in [0.1, 0.15) is 5.75 Å². The van der Waals surface area contributed by atoms with Crippen molar-refractivity contribution in [1.82, 2.24) is 10.2 Å². The molecule has 1 heterocycles. The monoisotopic (exact) mass is 362 g/mol. The van der Waals surface area contributed by atoms with Crippen LogP contribution < -0.4 is 0 Å². The van der Waals surface area contributed by atoms with E-state index in [4.69, 9.17) is 4.42 Å². The van der Waals surface area contributed by atoms with Crippen molar-refractivity contribution in [1.29, 1.82) is 0 Å². The molecule has 0 saturated heterocycles. The summed E-state index contributed by atoms with van der Waals surface area (Å²) in [6.07, 6.45) is 0. The Labute approximate surface area is 134 Å². The van der Waals surface area contributed by atoms with Crippen LogP contribution in [0.4, 0.5) is 0 Å². The Morgan fingerprint density at radius 3 is 2.43 bits per heavy atom. The average Bonchev–Trinajstić information content (AvgIpc) is 2.96. The van der Waals surface area contributed by atoms with E-state index in [0.717, 1.165) is 14.9 Å². The molecule has 0 radical (unpaired) electrons. The zero-order valence-electron chi connectivity index (χ0n) is 10.9. The van der Waals surface area contributed by atoms with Gasteiger partial charge in [-0.3, -0.25) is 0 Å². The number of phenolic OH excluding ortho intramolecular Hbond substituents is 1. The van der Waals surface area contributed by atoms with E-state index in [0.29, 0.717) is 17.5 Å². The number of benzene rings is 2. The number of halogens is 1. The summed E-state index contributed by atoms with van der Waals surface area (Å²) in [5.41, 5.74) is 0.895. The number of rotatable bonds is 4. The highest BCUT2D eigenvalue weighted by Gasteiger charge is 2.08. The summed E-state index contributed by atoms with van der Waals surface area (Å²) >= 11 is 4.97. The molecule has 6 heteroatoms. The SMILES string of the molecule is Oc1ccc(SCc2nnc(-c3ccc(Br)cc3)o2)cc1. The topological polar surface area (TPSA) is 59.2 Å². The Hall–Kier alpha value is -1.79. The first-order valence-corrected chi connectivity index (χ1v) is 7.99. The maximum atomic E-state index is 9.24. The van der Waals surface area contributed by atoms with E-state index in [1.807, 2.05) is 36.4 Å². The molecule has 0 amide bonds. The predicted octanol–water partition coefficient (Wildman–Crippen LogP) is 4.50. The van der Waals surface area contributed by atoms with Crippen LogP contribution in [0.15, 0.2) is 62.3 Å². The Kier molecular flexibility index (Phi) is 4.26. The highest BCUT2D eigenvalue weighted by Crippen LogP contribution is 2.26. The van der Waals surface area contributed by atoms with Crippen LogP contribution in [0.3, 0.4) is 0 Å². The Balaban J connectivity index is 1.67. The lowest BCUT2D eigenvalue weighted by Gasteiger charge is -1.98. The molecule has 4 nitrogen and oxygen atoms in total. The van der Waals surface area contributed by atoms with Gasteiger partial charge in [0, 0.05) is 14.9 Å². The molecule has 0 aliphatic heterocycles. The molecule has 0 atom stereocenters. The van der Waals surface area contributed by atoms with Gasteiger partial charge in [-0.15, -0.1) is 22.0 Å². The molecule has 106 valence electrons. The second kappa shape index (κ2) is 6.32. The summed E-state index contributed by atoms with van der Waals surface area (Å²) in [5, 5.41) is 17.3. The fraction of sp³-hybridized carbons (Fsp3) is 0.0667. The van der Waals surface area contributed by atoms with E-state index in [1.165, 1.54) is 0 Å². The number of nitrogens with zero attached hydrogens (tertiary/aromatic N) is 2. The fourth-order valence-electron chi connectivity index (χ4n) is 1.71. The van der Waals surface area contributed by atoms with Gasteiger partial charge in [0.2, 0.25) is 11.8 Å². The van der Waals surface area contributed by atoms with Crippen molar-refractivity contribution >= 4 is 27.7 Å². The molecular formula is C15H11BrN2O2S. The van der Waals surface area contributed by atoms with E-state index in [-0.39, 0.29) is 5.75 Å². The minimum Gasteiger partial charge on any atom is -0.508 e. The second-order valence-electron chi connectivity index (χ2n) is 4.29. The summed E-state index contributed by atoms with van der Waals surface area (Å²) in [5.74, 6) is 1.94. The molecule has 0 bridgehead atoms. The number of aromatic hydroxyl groups is 1. The number of hydrogen-bond donors (Lipinski definition) is 1. The van der Waals surface area contributed by atoms with E-state index >= 15 is 0 Å². The third-order valence-corrected chi connectivity index (χ3v) is 4.28. The molecule has 0 spiro atoms. The summed E-state index contributed by atoms with van der Waals surface area (Å²) in [6, 6.07) is 14.7. The molecule has 0 fully saturated rings. The van der Waals surface area contributed by atoms with Crippen LogP contribution in [0.25, 0.3) is 11.5 Å². The zero-order chi connectivity index (χ0) is 14.7. The Morgan fingerprint density at radius 1 is 1.00 bits per heavy atom. The van der Waals surface area contributed by atoms with Crippen LogP contribution in [0.5, 0.6) is 5.75 Å². The van der Waals surface area contributed by atoms with Gasteiger partial charge in [-0.2, -0.15) is 0 Å². The maximum Gasteiger partial charge on any atom is 0.247 e. The van der Waals surface area contributed by atoms with Crippen LogP contribution in [-0.2, 0) is 5.75 Å². The molecule has 2 aromatic carbocycles. The third kappa shape index (κ3) is 3.65. The van der Waals surface area contributed by atoms with Crippen LogP contribution in [0.2, 0.25) is 0 Å². The second-order valence-corrected chi connectivity index (χ2v) is 6.25. The highest BCUT2D eigenvalue weighted by molar-refractivity contribution is 9.10. The Morgan fingerprint density at radius 2 is 1.71 bits per heavy atom. The molecule has 0 saturated carbocycles. The number of aromatic nitrogens is 2. The van der Waals surface area contributed by atoms with Crippen molar-refractivity contribution < 1.29 is 9.52 Å². The minimum atomic E-state index is 0.259. The van der Waals surface area contributed by atoms with Gasteiger partial charge in [-0.25, -0.2) is 0 Å². The van der Waals surface area contributed by atoms with Gasteiger partial charge in [0.05, 0.1) is 5.75 Å². The largest absolute Gasteiger partial charge is 0.508 e. The predicted molar refractivity (Wildman–Crippen MR) is 85.1 cm³/mol. The van der Waals surface area contributed by atoms with Gasteiger partial charge in [-0.05, 0) is 48.5 Å². The lowest BCUT2D eigenvalue weighted by molar-refractivity contribution is 0.475. The zero-order valence-corrected chi connectivity index (χ0v) is 13.3. The van der Waals surface area contributed by atoms with Crippen molar-refractivity contribution in [3.8, 4) is 17.2 Å². The highest BCUT2D eigenvalue weighted by atomic mass is 79.9. The average molecular weight is 363 g/mol. The molecular weight excluding hydrogens is 352 g/mol. The lowest BCUT2D eigenvalue weighted by atomic mass is 10.2. The first kappa shape index (κ1) is 14.2. The summed E-state index contributed by atoms with van der Waals surface area (Å²) in [6.45, 7) is 0. The first-order valence-electron chi connectivity index (χ1n) is 6.21. The fourth-order valence-corrected chi connectivity index (χ4v) is 2.71. The van der Waals surface area contributed by atoms with E-state index in [1.54, 1.807) is 23.9 Å². The van der Waals surface area contributed by atoms with Crippen LogP contribution >= 0.6 is 27.7 Å².